The van der Waals surface area contributed by atoms with E-state index in [0.29, 0.717) is 0 Å². The van der Waals surface area contributed by atoms with Crippen LogP contribution in [0, 0.1) is 0 Å². The van der Waals surface area contributed by atoms with E-state index in [4.69, 9.17) is 4.42 Å². The zero-order valence-electron chi connectivity index (χ0n) is 34.4. The van der Waals surface area contributed by atoms with Crippen LogP contribution in [0.4, 0.5) is 17.1 Å². The average Bonchev–Trinajstić information content (AvgIpc) is 3.91. The normalized spacial score (nSPS) is 11.5. The molecule has 63 heavy (non-hydrogen) atoms. The molecule has 296 valence electrons. The van der Waals surface area contributed by atoms with Crippen molar-refractivity contribution in [2.75, 3.05) is 4.90 Å². The Kier molecular flexibility index (Phi) is 8.83. The summed E-state index contributed by atoms with van der Waals surface area (Å²) in [6.07, 6.45) is 0. The topological polar surface area (TPSA) is 21.3 Å². The van der Waals surface area contributed by atoms with Gasteiger partial charge in [0.05, 0.1) is 16.7 Å². The second-order valence-electron chi connectivity index (χ2n) is 16.1. The number of nitrogens with zero attached hydrogens (tertiary/aromatic N) is 2. The summed E-state index contributed by atoms with van der Waals surface area (Å²) < 4.78 is 8.58. The van der Waals surface area contributed by atoms with Crippen molar-refractivity contribution in [3.05, 3.63) is 243 Å². The van der Waals surface area contributed by atoms with Crippen LogP contribution in [0.3, 0.4) is 0 Å². The molecule has 0 N–H and O–H groups in total. The Hall–Kier alpha value is -8.40. The number of fused-ring (bicyclic) bond motifs is 6. The van der Waals surface area contributed by atoms with Crippen LogP contribution in [0.5, 0.6) is 0 Å². The molecule has 0 unspecified atom stereocenters. The van der Waals surface area contributed by atoms with Crippen molar-refractivity contribution < 1.29 is 4.42 Å². The molecule has 3 nitrogen and oxygen atoms in total. The van der Waals surface area contributed by atoms with Gasteiger partial charge in [-0.15, -0.1) is 0 Å². The largest absolute Gasteiger partial charge is 0.456 e. The second kappa shape index (κ2) is 15.3. The van der Waals surface area contributed by atoms with Crippen LogP contribution in [0.25, 0.3) is 93.9 Å². The molecule has 0 saturated carbocycles. The third-order valence-electron chi connectivity index (χ3n) is 12.4. The smallest absolute Gasteiger partial charge is 0.136 e. The van der Waals surface area contributed by atoms with E-state index in [1.165, 1.54) is 44.1 Å². The minimum atomic E-state index is 0.905. The highest BCUT2D eigenvalue weighted by Gasteiger charge is 2.19. The van der Waals surface area contributed by atoms with Crippen LogP contribution >= 0.6 is 0 Å². The fourth-order valence-corrected chi connectivity index (χ4v) is 9.45. The average molecular weight is 805 g/mol. The standard InChI is InChI=1S/C60H40N2O/c1-2-14-44(15-3-1)50-18-4-8-23-55(50)61(47-36-32-41(33-37-47)42-34-38-48(39-35-42)62-56-24-9-5-19-52(56)53-20-6-10-25-57(53)62)49-17-12-16-46(40-49)43-28-30-45(31-29-43)51-22-13-27-59-60(51)54-21-7-11-26-58(54)63-59/h1-40H. The number of rotatable bonds is 8. The Morgan fingerprint density at radius 1 is 0.317 bits per heavy atom. The lowest BCUT2D eigenvalue weighted by atomic mass is 9.96. The van der Waals surface area contributed by atoms with Crippen molar-refractivity contribution in [3.63, 3.8) is 0 Å². The number of hydrogen-bond acceptors (Lipinski definition) is 2. The first kappa shape index (κ1) is 36.5. The molecule has 0 saturated heterocycles. The van der Waals surface area contributed by atoms with Crippen LogP contribution < -0.4 is 4.90 Å². The summed E-state index contributed by atoms with van der Waals surface area (Å²) in [5.41, 5.74) is 18.0. The fourth-order valence-electron chi connectivity index (χ4n) is 9.45. The Morgan fingerprint density at radius 3 is 1.57 bits per heavy atom. The molecule has 12 aromatic rings. The van der Waals surface area contributed by atoms with Gasteiger partial charge in [-0.1, -0.05) is 176 Å². The zero-order valence-corrected chi connectivity index (χ0v) is 34.4. The first-order chi connectivity index (χ1) is 31.2. The number of benzene rings is 10. The van der Waals surface area contributed by atoms with Gasteiger partial charge in [0.25, 0.3) is 0 Å². The van der Waals surface area contributed by atoms with E-state index >= 15 is 0 Å². The molecule has 0 aliphatic heterocycles. The first-order valence-corrected chi connectivity index (χ1v) is 21.5. The highest BCUT2D eigenvalue weighted by atomic mass is 16.3. The summed E-state index contributed by atoms with van der Waals surface area (Å²) in [4.78, 5) is 2.39. The monoisotopic (exact) mass is 804 g/mol. The third-order valence-corrected chi connectivity index (χ3v) is 12.4. The van der Waals surface area contributed by atoms with Gasteiger partial charge in [-0.05, 0) is 106 Å². The van der Waals surface area contributed by atoms with E-state index in [-0.39, 0.29) is 0 Å². The molecule has 0 aliphatic carbocycles. The van der Waals surface area contributed by atoms with Gasteiger partial charge in [-0.3, -0.25) is 0 Å². The molecule has 3 heteroatoms. The zero-order chi connectivity index (χ0) is 41.7. The number of para-hydroxylation sites is 4. The van der Waals surface area contributed by atoms with E-state index in [2.05, 4.69) is 240 Å². The van der Waals surface area contributed by atoms with E-state index in [9.17, 15) is 0 Å². The lowest BCUT2D eigenvalue weighted by Gasteiger charge is -2.28. The predicted molar refractivity (Wildman–Crippen MR) is 264 cm³/mol. The van der Waals surface area contributed by atoms with Gasteiger partial charge in [0, 0.05) is 44.2 Å². The van der Waals surface area contributed by atoms with Gasteiger partial charge in [0.15, 0.2) is 0 Å². The summed E-state index contributed by atoms with van der Waals surface area (Å²) in [6.45, 7) is 0. The molecule has 2 heterocycles. The molecular formula is C60H40N2O. The van der Waals surface area contributed by atoms with Crippen molar-refractivity contribution in [1.29, 1.82) is 0 Å². The highest BCUT2D eigenvalue weighted by molar-refractivity contribution is 6.12. The predicted octanol–water partition coefficient (Wildman–Crippen LogP) is 16.8. The molecule has 0 bridgehead atoms. The minimum absolute atomic E-state index is 0.905. The molecule has 0 amide bonds. The SMILES string of the molecule is c1ccc(-c2ccccc2N(c2ccc(-c3ccc(-n4c5ccccc5c5ccccc54)cc3)cc2)c2cccc(-c3ccc(-c4cccc5oc6ccccc6c45)cc3)c2)cc1. The van der Waals surface area contributed by atoms with Crippen molar-refractivity contribution in [3.8, 4) is 50.2 Å². The first-order valence-electron chi connectivity index (χ1n) is 21.5. The summed E-state index contributed by atoms with van der Waals surface area (Å²) in [7, 11) is 0. The van der Waals surface area contributed by atoms with Gasteiger partial charge >= 0.3 is 0 Å². The number of furan rings is 1. The van der Waals surface area contributed by atoms with E-state index in [1.54, 1.807) is 0 Å². The quantitative estimate of drug-likeness (QED) is 0.153. The van der Waals surface area contributed by atoms with Crippen molar-refractivity contribution >= 4 is 60.8 Å². The van der Waals surface area contributed by atoms with Crippen LogP contribution in [0.15, 0.2) is 247 Å². The van der Waals surface area contributed by atoms with Crippen LogP contribution in [0.2, 0.25) is 0 Å². The van der Waals surface area contributed by atoms with Crippen molar-refractivity contribution in [2.45, 2.75) is 0 Å². The van der Waals surface area contributed by atoms with Crippen molar-refractivity contribution in [2.24, 2.45) is 0 Å². The Bertz CT molecular complexity index is 3550. The molecule has 10 aromatic carbocycles. The molecule has 12 rings (SSSR count). The molecule has 0 aliphatic rings. The molecular weight excluding hydrogens is 765 g/mol. The highest BCUT2D eigenvalue weighted by Crippen LogP contribution is 2.43. The van der Waals surface area contributed by atoms with Crippen molar-refractivity contribution in [1.82, 2.24) is 4.57 Å². The Morgan fingerprint density at radius 2 is 0.825 bits per heavy atom. The summed E-state index contributed by atoms with van der Waals surface area (Å²) in [5, 5.41) is 4.82. The summed E-state index contributed by atoms with van der Waals surface area (Å²) in [6, 6.07) is 87.1. The maximum atomic E-state index is 6.22. The maximum Gasteiger partial charge on any atom is 0.136 e. The fraction of sp³-hybridized carbons (Fsp3) is 0. The van der Waals surface area contributed by atoms with Gasteiger partial charge < -0.3 is 13.9 Å². The van der Waals surface area contributed by atoms with Gasteiger partial charge in [-0.2, -0.15) is 0 Å². The lowest BCUT2D eigenvalue weighted by Crippen LogP contribution is -2.11. The summed E-state index contributed by atoms with van der Waals surface area (Å²) in [5.74, 6) is 0. The molecule has 0 atom stereocenters. The third kappa shape index (κ3) is 6.38. The molecule has 0 fully saturated rings. The second-order valence-corrected chi connectivity index (χ2v) is 16.1. The van der Waals surface area contributed by atoms with Crippen LogP contribution in [-0.2, 0) is 0 Å². The molecule has 2 aromatic heterocycles. The van der Waals surface area contributed by atoms with E-state index in [1.807, 2.05) is 12.1 Å². The van der Waals surface area contributed by atoms with E-state index in [0.717, 1.165) is 66.9 Å². The lowest BCUT2D eigenvalue weighted by molar-refractivity contribution is 0.669. The van der Waals surface area contributed by atoms with Crippen LogP contribution in [-0.4, -0.2) is 4.57 Å². The van der Waals surface area contributed by atoms with Gasteiger partial charge in [0.2, 0.25) is 0 Å². The minimum Gasteiger partial charge on any atom is -0.456 e. The van der Waals surface area contributed by atoms with Crippen LogP contribution in [0.1, 0.15) is 0 Å². The van der Waals surface area contributed by atoms with Gasteiger partial charge in [-0.25, -0.2) is 0 Å². The Balaban J connectivity index is 0.909. The maximum absolute atomic E-state index is 6.22. The number of hydrogen-bond donors (Lipinski definition) is 0. The Labute approximate surface area is 366 Å². The number of anilines is 3. The molecule has 0 radical (unpaired) electrons. The van der Waals surface area contributed by atoms with Gasteiger partial charge in [0.1, 0.15) is 11.2 Å². The summed E-state index contributed by atoms with van der Waals surface area (Å²) >= 11 is 0. The van der Waals surface area contributed by atoms with E-state index < -0.39 is 0 Å². The molecule has 0 spiro atoms. The number of aromatic nitrogens is 1.